The number of nitrogens with one attached hydrogen (secondary N) is 2. The largest absolute Gasteiger partial charge is 0.362 e. The number of rotatable bonds is 4. The second-order valence-electron chi connectivity index (χ2n) is 10.7. The molecular weight excluding hydrogens is 420 g/mol. The molecule has 5 aliphatic rings. The Morgan fingerprint density at radius 2 is 1.41 bits per heavy atom. The van der Waals surface area contributed by atoms with E-state index in [1.165, 1.54) is 70.6 Å². The molecule has 5 rings (SSSR count). The quantitative estimate of drug-likeness (QED) is 0.619. The highest BCUT2D eigenvalue weighted by molar-refractivity contribution is 7.99. The molecule has 0 unspecified atom stereocenters. The molecule has 2 saturated heterocycles. The predicted octanol–water partition coefficient (Wildman–Crippen LogP) is 4.91. The molecule has 32 heavy (non-hydrogen) atoms. The lowest BCUT2D eigenvalue weighted by Gasteiger charge is -2.47. The lowest BCUT2D eigenvalue weighted by Crippen LogP contribution is -2.63. The third-order valence-electron chi connectivity index (χ3n) is 8.40. The summed E-state index contributed by atoms with van der Waals surface area (Å²) in [6.45, 7) is 0.621. The fourth-order valence-corrected chi connectivity index (χ4v) is 7.21. The minimum Gasteiger partial charge on any atom is -0.362 e. The Morgan fingerprint density at radius 1 is 0.812 bits per heavy atom. The maximum absolute atomic E-state index is 13.5. The van der Waals surface area contributed by atoms with E-state index >= 15 is 0 Å². The SMILES string of the molecule is O=C1CSCCNC(=O)C2(OC3CCCCCCCCC3)CCC1(NC1CCCC1)CC2. The normalized spacial score (nSPS) is 34.8. The summed E-state index contributed by atoms with van der Waals surface area (Å²) in [5, 5.41) is 6.99. The van der Waals surface area contributed by atoms with E-state index in [1.807, 2.05) is 0 Å². The number of amides is 1. The minimum absolute atomic E-state index is 0.0685. The van der Waals surface area contributed by atoms with Crippen LogP contribution in [0.4, 0.5) is 0 Å². The number of fused-ring (bicyclic) bond motifs is 8. The summed E-state index contributed by atoms with van der Waals surface area (Å²) in [4.78, 5) is 26.9. The summed E-state index contributed by atoms with van der Waals surface area (Å²) >= 11 is 1.66. The molecule has 5 nitrogen and oxygen atoms in total. The summed E-state index contributed by atoms with van der Waals surface area (Å²) in [5.41, 5.74) is -1.22. The maximum Gasteiger partial charge on any atom is 0.252 e. The van der Waals surface area contributed by atoms with Gasteiger partial charge in [0, 0.05) is 18.3 Å². The lowest BCUT2D eigenvalue weighted by molar-refractivity contribution is -0.168. The first kappa shape index (κ1) is 24.5. The third-order valence-corrected chi connectivity index (χ3v) is 9.36. The molecule has 182 valence electrons. The van der Waals surface area contributed by atoms with Crippen LogP contribution in [0, 0.1) is 0 Å². The molecule has 0 radical (unpaired) electrons. The van der Waals surface area contributed by atoms with Crippen LogP contribution in [0.5, 0.6) is 0 Å². The van der Waals surface area contributed by atoms with E-state index in [2.05, 4.69) is 10.6 Å². The van der Waals surface area contributed by atoms with Gasteiger partial charge >= 0.3 is 0 Å². The van der Waals surface area contributed by atoms with Crippen molar-refractivity contribution >= 4 is 23.5 Å². The molecule has 5 fully saturated rings. The zero-order valence-corrected chi connectivity index (χ0v) is 20.7. The summed E-state index contributed by atoms with van der Waals surface area (Å²) < 4.78 is 6.82. The van der Waals surface area contributed by atoms with Gasteiger partial charge in [0.15, 0.2) is 5.78 Å². The van der Waals surface area contributed by atoms with Crippen molar-refractivity contribution < 1.29 is 14.3 Å². The molecule has 2 N–H and O–H groups in total. The average Bonchev–Trinajstić information content (AvgIpc) is 3.30. The Balaban J connectivity index is 1.50. The Hall–Kier alpha value is -0.590. The molecule has 0 atom stereocenters. The third kappa shape index (κ3) is 6.09. The number of hydrogen-bond donors (Lipinski definition) is 2. The van der Waals surface area contributed by atoms with Crippen LogP contribution >= 0.6 is 11.8 Å². The number of Topliss-reactive ketones (excluding diaryl/α,β-unsaturated/α-hetero) is 1. The fourth-order valence-electron chi connectivity index (χ4n) is 6.35. The van der Waals surface area contributed by atoms with Gasteiger partial charge in [0.2, 0.25) is 0 Å². The first-order valence-electron chi connectivity index (χ1n) is 13.5. The van der Waals surface area contributed by atoms with E-state index in [9.17, 15) is 9.59 Å². The van der Waals surface area contributed by atoms with Crippen molar-refractivity contribution in [1.82, 2.24) is 10.6 Å². The van der Waals surface area contributed by atoms with Crippen LogP contribution in [0.1, 0.15) is 109 Å². The second kappa shape index (κ2) is 11.7. The highest BCUT2D eigenvalue weighted by Crippen LogP contribution is 2.42. The van der Waals surface area contributed by atoms with Crippen molar-refractivity contribution in [3.8, 4) is 0 Å². The van der Waals surface area contributed by atoms with Gasteiger partial charge < -0.3 is 15.4 Å². The number of ether oxygens (including phenoxy) is 1. The lowest BCUT2D eigenvalue weighted by atomic mass is 9.71. The summed E-state index contributed by atoms with van der Waals surface area (Å²) in [6.07, 6.45) is 18.9. The van der Waals surface area contributed by atoms with Crippen LogP contribution in [-0.2, 0) is 14.3 Å². The van der Waals surface area contributed by atoms with Gasteiger partial charge in [-0.2, -0.15) is 11.8 Å². The van der Waals surface area contributed by atoms with Gasteiger partial charge in [0.1, 0.15) is 5.60 Å². The number of carbonyl (C=O) groups is 2. The Kier molecular flexibility index (Phi) is 8.97. The van der Waals surface area contributed by atoms with Crippen LogP contribution < -0.4 is 10.6 Å². The van der Waals surface area contributed by atoms with Crippen molar-refractivity contribution in [2.75, 3.05) is 18.1 Å². The van der Waals surface area contributed by atoms with Gasteiger partial charge in [-0.3, -0.25) is 9.59 Å². The van der Waals surface area contributed by atoms with E-state index in [-0.39, 0.29) is 12.0 Å². The zero-order chi connectivity index (χ0) is 22.3. The number of carbonyl (C=O) groups excluding carboxylic acids is 2. The van der Waals surface area contributed by atoms with Crippen LogP contribution in [0.25, 0.3) is 0 Å². The van der Waals surface area contributed by atoms with Crippen LogP contribution in [0.3, 0.4) is 0 Å². The first-order chi connectivity index (χ1) is 15.6. The van der Waals surface area contributed by atoms with Crippen LogP contribution in [-0.4, -0.2) is 53.0 Å². The van der Waals surface area contributed by atoms with Gasteiger partial charge in [0.05, 0.1) is 17.4 Å². The Morgan fingerprint density at radius 3 is 2.06 bits per heavy atom. The highest BCUT2D eigenvalue weighted by Gasteiger charge is 2.52. The van der Waals surface area contributed by atoms with E-state index in [1.54, 1.807) is 11.8 Å². The zero-order valence-electron chi connectivity index (χ0n) is 19.9. The number of ketones is 1. The molecule has 6 heteroatoms. The number of thioether (sulfide) groups is 1. The van der Waals surface area contributed by atoms with E-state index in [4.69, 9.17) is 4.74 Å². The topological polar surface area (TPSA) is 67.4 Å². The molecule has 1 amide bonds. The van der Waals surface area contributed by atoms with Crippen molar-refractivity contribution in [2.45, 2.75) is 132 Å². The van der Waals surface area contributed by atoms with E-state index in [0.29, 0.717) is 37.0 Å². The summed E-state index contributed by atoms with van der Waals surface area (Å²) in [7, 11) is 0. The Bertz CT molecular complexity index is 617. The first-order valence-corrected chi connectivity index (χ1v) is 14.6. The average molecular weight is 465 g/mol. The molecule has 2 heterocycles. The van der Waals surface area contributed by atoms with Crippen molar-refractivity contribution in [2.24, 2.45) is 0 Å². The molecule has 2 bridgehead atoms. The van der Waals surface area contributed by atoms with Gasteiger partial charge in [-0.05, 0) is 51.4 Å². The van der Waals surface area contributed by atoms with E-state index in [0.717, 1.165) is 31.4 Å². The van der Waals surface area contributed by atoms with E-state index < -0.39 is 11.1 Å². The van der Waals surface area contributed by atoms with Gasteiger partial charge in [-0.1, -0.05) is 57.8 Å². The molecule has 3 aliphatic carbocycles. The van der Waals surface area contributed by atoms with Gasteiger partial charge in [-0.15, -0.1) is 0 Å². The highest BCUT2D eigenvalue weighted by atomic mass is 32.2. The van der Waals surface area contributed by atoms with Crippen molar-refractivity contribution in [3.05, 3.63) is 0 Å². The molecule has 0 aromatic carbocycles. The number of hydrogen-bond acceptors (Lipinski definition) is 5. The van der Waals surface area contributed by atoms with Crippen molar-refractivity contribution in [1.29, 1.82) is 0 Å². The Labute approximate surface area is 198 Å². The van der Waals surface area contributed by atoms with Gasteiger partial charge in [0.25, 0.3) is 5.91 Å². The van der Waals surface area contributed by atoms with Crippen molar-refractivity contribution in [3.63, 3.8) is 0 Å². The smallest absolute Gasteiger partial charge is 0.252 e. The monoisotopic (exact) mass is 464 g/mol. The second-order valence-corrected chi connectivity index (χ2v) is 11.8. The molecule has 3 saturated carbocycles. The predicted molar refractivity (Wildman–Crippen MR) is 131 cm³/mol. The molecule has 0 aromatic heterocycles. The molecule has 2 aliphatic heterocycles. The van der Waals surface area contributed by atoms with Gasteiger partial charge in [-0.25, -0.2) is 0 Å². The molecule has 0 aromatic rings. The van der Waals surface area contributed by atoms with Crippen LogP contribution in [0.2, 0.25) is 0 Å². The summed E-state index contributed by atoms with van der Waals surface area (Å²) in [6, 6.07) is 0.453. The molecular formula is C26H44N2O3S. The fraction of sp³-hybridized carbons (Fsp3) is 0.923. The maximum atomic E-state index is 13.5. The minimum atomic E-state index is -0.759. The standard InChI is InChI=1S/C26H44N2O3S/c29-23-20-32-19-18-27-24(30)26(31-22-12-6-4-2-1-3-5-7-13-22)16-14-25(23,15-17-26)28-21-10-8-9-11-21/h21-22,28H,1-20H2,(H,27,30). The molecule has 0 spiro atoms. The summed E-state index contributed by atoms with van der Waals surface area (Å²) in [5.74, 6) is 1.75. The van der Waals surface area contributed by atoms with Crippen LogP contribution in [0.15, 0.2) is 0 Å².